The van der Waals surface area contributed by atoms with Gasteiger partial charge in [0.25, 0.3) is 5.91 Å². The summed E-state index contributed by atoms with van der Waals surface area (Å²) in [6.07, 6.45) is 0.677. The minimum Gasteiger partial charge on any atom is -0.488 e. The van der Waals surface area contributed by atoms with Crippen molar-refractivity contribution in [3.8, 4) is 5.75 Å². The Balaban J connectivity index is 1.31. The predicted octanol–water partition coefficient (Wildman–Crippen LogP) is 4.59. The van der Waals surface area contributed by atoms with Gasteiger partial charge in [0.1, 0.15) is 24.3 Å². The highest BCUT2D eigenvalue weighted by molar-refractivity contribution is 5.94. The van der Waals surface area contributed by atoms with E-state index in [9.17, 15) is 14.0 Å². The molecular formula is C27H27FN2O4. The van der Waals surface area contributed by atoms with Crippen LogP contribution in [0.15, 0.2) is 78.9 Å². The molecule has 1 aliphatic heterocycles. The number of amides is 2. The maximum Gasteiger partial charge on any atom is 0.410 e. The molecule has 0 fully saturated rings. The number of para-hydroxylation sites is 1. The van der Waals surface area contributed by atoms with E-state index < -0.39 is 11.9 Å². The van der Waals surface area contributed by atoms with Crippen molar-refractivity contribution in [2.45, 2.75) is 25.6 Å². The largest absolute Gasteiger partial charge is 0.488 e. The number of hydrogen-bond donors (Lipinski definition) is 1. The molecule has 0 saturated heterocycles. The van der Waals surface area contributed by atoms with Crippen LogP contribution in [0.3, 0.4) is 0 Å². The molecule has 1 aliphatic rings. The minimum absolute atomic E-state index is 0.157. The molecule has 1 atom stereocenters. The molecule has 0 radical (unpaired) electrons. The van der Waals surface area contributed by atoms with Gasteiger partial charge in [-0.3, -0.25) is 4.79 Å². The first-order valence-corrected chi connectivity index (χ1v) is 11.3. The summed E-state index contributed by atoms with van der Waals surface area (Å²) in [7, 11) is 0. The van der Waals surface area contributed by atoms with Crippen LogP contribution in [0.5, 0.6) is 5.75 Å². The van der Waals surface area contributed by atoms with Crippen molar-refractivity contribution in [3.63, 3.8) is 0 Å². The molecular weight excluding hydrogens is 435 g/mol. The topological polar surface area (TPSA) is 67.9 Å². The molecule has 0 bridgehead atoms. The van der Waals surface area contributed by atoms with E-state index in [1.807, 2.05) is 54.6 Å². The molecule has 0 aliphatic carbocycles. The van der Waals surface area contributed by atoms with Crippen LogP contribution < -0.4 is 10.1 Å². The smallest absolute Gasteiger partial charge is 0.410 e. The average molecular weight is 463 g/mol. The van der Waals surface area contributed by atoms with Crippen LogP contribution in [-0.2, 0) is 17.8 Å². The second kappa shape index (κ2) is 11.3. The van der Waals surface area contributed by atoms with Gasteiger partial charge in [-0.05, 0) is 47.9 Å². The SMILES string of the molecule is O=C(NCCCN(CC1Cc2ccccc2O1)C(=O)OCc1ccccc1)c1ccc(F)cc1. The standard InChI is InChI=1S/C27H27FN2O4/c28-23-13-11-21(12-14-23)26(31)29-15-6-16-30(27(32)33-19-20-7-2-1-3-8-20)18-24-17-22-9-4-5-10-25(22)34-24/h1-5,7-14,24H,6,15-19H2,(H,29,31). The van der Waals surface area contributed by atoms with Crippen LogP contribution in [0.2, 0.25) is 0 Å². The molecule has 3 aromatic carbocycles. The van der Waals surface area contributed by atoms with Gasteiger partial charge in [0.15, 0.2) is 0 Å². The Hall–Kier alpha value is -3.87. The molecule has 6 nitrogen and oxygen atoms in total. The summed E-state index contributed by atoms with van der Waals surface area (Å²) >= 11 is 0. The predicted molar refractivity (Wildman–Crippen MR) is 126 cm³/mol. The van der Waals surface area contributed by atoms with E-state index in [2.05, 4.69) is 5.32 Å². The van der Waals surface area contributed by atoms with Gasteiger partial charge in [0.2, 0.25) is 0 Å². The first-order valence-electron chi connectivity index (χ1n) is 11.3. The Morgan fingerprint density at radius 1 is 1.00 bits per heavy atom. The van der Waals surface area contributed by atoms with E-state index in [1.54, 1.807) is 4.90 Å². The third-order valence-electron chi connectivity index (χ3n) is 5.60. The summed E-state index contributed by atoms with van der Waals surface area (Å²) in [4.78, 5) is 26.8. The number of rotatable bonds is 9. The van der Waals surface area contributed by atoms with Gasteiger partial charge in [-0.2, -0.15) is 0 Å². The van der Waals surface area contributed by atoms with Gasteiger partial charge >= 0.3 is 6.09 Å². The Kier molecular flexibility index (Phi) is 7.75. The van der Waals surface area contributed by atoms with E-state index >= 15 is 0 Å². The van der Waals surface area contributed by atoms with E-state index in [0.29, 0.717) is 31.6 Å². The number of benzene rings is 3. The van der Waals surface area contributed by atoms with E-state index in [0.717, 1.165) is 23.3 Å². The number of ether oxygens (including phenoxy) is 2. The number of hydrogen-bond acceptors (Lipinski definition) is 4. The fraction of sp³-hybridized carbons (Fsp3) is 0.259. The number of fused-ring (bicyclic) bond motifs is 1. The van der Waals surface area contributed by atoms with Crippen LogP contribution in [0, 0.1) is 5.82 Å². The maximum absolute atomic E-state index is 13.1. The van der Waals surface area contributed by atoms with Gasteiger partial charge in [-0.25, -0.2) is 9.18 Å². The zero-order valence-corrected chi connectivity index (χ0v) is 18.8. The summed E-state index contributed by atoms with van der Waals surface area (Å²) in [6.45, 7) is 1.33. The van der Waals surface area contributed by atoms with E-state index in [4.69, 9.17) is 9.47 Å². The summed E-state index contributed by atoms with van der Waals surface area (Å²) in [6, 6.07) is 22.7. The summed E-state index contributed by atoms with van der Waals surface area (Å²) in [5.74, 6) is 0.168. The van der Waals surface area contributed by atoms with Gasteiger partial charge in [0, 0.05) is 25.1 Å². The van der Waals surface area contributed by atoms with Crippen molar-refractivity contribution in [2.75, 3.05) is 19.6 Å². The van der Waals surface area contributed by atoms with Crippen LogP contribution >= 0.6 is 0 Å². The molecule has 176 valence electrons. The molecule has 2 amide bonds. The van der Waals surface area contributed by atoms with Crippen LogP contribution in [0.1, 0.15) is 27.9 Å². The van der Waals surface area contributed by atoms with Crippen molar-refractivity contribution in [1.29, 1.82) is 0 Å². The monoisotopic (exact) mass is 462 g/mol. The lowest BCUT2D eigenvalue weighted by Crippen LogP contribution is -2.41. The highest BCUT2D eigenvalue weighted by Gasteiger charge is 2.27. The van der Waals surface area contributed by atoms with Gasteiger partial charge in [-0.1, -0.05) is 48.5 Å². The zero-order chi connectivity index (χ0) is 23.8. The summed E-state index contributed by atoms with van der Waals surface area (Å²) < 4.78 is 24.6. The Morgan fingerprint density at radius 2 is 1.74 bits per heavy atom. The number of carbonyl (C=O) groups excluding carboxylic acids is 2. The van der Waals surface area contributed by atoms with Gasteiger partial charge in [-0.15, -0.1) is 0 Å². The van der Waals surface area contributed by atoms with Crippen LogP contribution in [0.4, 0.5) is 9.18 Å². The van der Waals surface area contributed by atoms with Crippen molar-refractivity contribution in [2.24, 2.45) is 0 Å². The molecule has 3 aromatic rings. The van der Waals surface area contributed by atoms with Crippen LogP contribution in [-0.4, -0.2) is 42.6 Å². The maximum atomic E-state index is 13.1. The molecule has 4 rings (SSSR count). The second-order valence-electron chi connectivity index (χ2n) is 8.15. The number of halogens is 1. The molecule has 0 aromatic heterocycles. The zero-order valence-electron chi connectivity index (χ0n) is 18.8. The van der Waals surface area contributed by atoms with Crippen molar-refractivity contribution in [1.82, 2.24) is 10.2 Å². The highest BCUT2D eigenvalue weighted by Crippen LogP contribution is 2.28. The van der Waals surface area contributed by atoms with Crippen molar-refractivity contribution < 1.29 is 23.5 Å². The average Bonchev–Trinajstić information content (AvgIpc) is 3.28. The Morgan fingerprint density at radius 3 is 2.50 bits per heavy atom. The normalized spacial score (nSPS) is 14.1. The number of nitrogens with one attached hydrogen (secondary N) is 1. The number of nitrogens with zero attached hydrogens (tertiary/aromatic N) is 1. The summed E-state index contributed by atoms with van der Waals surface area (Å²) in [5.41, 5.74) is 2.42. The fourth-order valence-electron chi connectivity index (χ4n) is 3.84. The van der Waals surface area contributed by atoms with Gasteiger partial charge < -0.3 is 19.7 Å². The van der Waals surface area contributed by atoms with Gasteiger partial charge in [0.05, 0.1) is 6.54 Å². The highest BCUT2D eigenvalue weighted by atomic mass is 19.1. The van der Waals surface area contributed by atoms with E-state index in [1.165, 1.54) is 24.3 Å². The summed E-state index contributed by atoms with van der Waals surface area (Å²) in [5, 5.41) is 2.81. The molecule has 0 spiro atoms. The van der Waals surface area contributed by atoms with Crippen LogP contribution in [0.25, 0.3) is 0 Å². The lowest BCUT2D eigenvalue weighted by atomic mass is 10.1. The number of carbonyl (C=O) groups is 2. The minimum atomic E-state index is -0.423. The first kappa shape index (κ1) is 23.3. The third-order valence-corrected chi connectivity index (χ3v) is 5.60. The molecule has 1 heterocycles. The first-order chi connectivity index (χ1) is 16.6. The third kappa shape index (κ3) is 6.34. The van der Waals surface area contributed by atoms with Crippen molar-refractivity contribution in [3.05, 3.63) is 101 Å². The fourth-order valence-corrected chi connectivity index (χ4v) is 3.84. The molecule has 1 N–H and O–H groups in total. The quantitative estimate of drug-likeness (QED) is 0.473. The lowest BCUT2D eigenvalue weighted by Gasteiger charge is -2.25. The van der Waals surface area contributed by atoms with E-state index in [-0.39, 0.29) is 18.6 Å². The Bertz CT molecular complexity index is 1080. The molecule has 0 saturated carbocycles. The molecule has 1 unspecified atom stereocenters. The Labute approximate surface area is 198 Å². The second-order valence-corrected chi connectivity index (χ2v) is 8.15. The molecule has 7 heteroatoms. The lowest BCUT2D eigenvalue weighted by molar-refractivity contribution is 0.0787. The molecule has 34 heavy (non-hydrogen) atoms. The van der Waals surface area contributed by atoms with Crippen molar-refractivity contribution >= 4 is 12.0 Å².